The molecule has 1 aromatic rings. The molecule has 5 heteroatoms. The van der Waals surface area contributed by atoms with Crippen molar-refractivity contribution >= 4 is 21.4 Å². The molecule has 0 bridgehead atoms. The van der Waals surface area contributed by atoms with Crippen molar-refractivity contribution in [1.82, 2.24) is 0 Å². The van der Waals surface area contributed by atoms with Crippen LogP contribution in [0.2, 0.25) is 0 Å². The van der Waals surface area contributed by atoms with Gasteiger partial charge in [-0.15, -0.1) is 0 Å². The molecule has 2 N–H and O–H groups in total. The molecule has 0 aromatic heterocycles. The minimum absolute atomic E-state index is 0.0881. The van der Waals surface area contributed by atoms with Crippen LogP contribution in [0.25, 0.3) is 0 Å². The van der Waals surface area contributed by atoms with Crippen molar-refractivity contribution in [3.63, 3.8) is 0 Å². The van der Waals surface area contributed by atoms with E-state index < -0.39 is 10.0 Å². The number of nitrogen functional groups attached to an aromatic ring is 1. The fourth-order valence-electron chi connectivity index (χ4n) is 1.57. The summed E-state index contributed by atoms with van der Waals surface area (Å²) >= 11 is 0. The molecule has 1 rings (SSSR count). The zero-order chi connectivity index (χ0) is 13.3. The van der Waals surface area contributed by atoms with Gasteiger partial charge in [-0.2, -0.15) is 0 Å². The maximum absolute atomic E-state index is 12.2. The maximum Gasteiger partial charge on any atom is 0.235 e. The molecule has 0 saturated carbocycles. The maximum atomic E-state index is 12.2. The van der Waals surface area contributed by atoms with E-state index in [0.29, 0.717) is 11.4 Å². The highest BCUT2D eigenvalue weighted by atomic mass is 32.2. The molecular weight excluding hydrogens is 236 g/mol. The summed E-state index contributed by atoms with van der Waals surface area (Å²) in [6.45, 7) is 5.69. The van der Waals surface area contributed by atoms with Gasteiger partial charge in [-0.05, 0) is 17.5 Å². The average molecular weight is 256 g/mol. The van der Waals surface area contributed by atoms with Gasteiger partial charge < -0.3 is 5.73 Å². The zero-order valence-electron chi connectivity index (χ0n) is 10.8. The summed E-state index contributed by atoms with van der Waals surface area (Å²) in [5.41, 5.74) is 6.48. The Bertz CT molecular complexity index is 489. The number of rotatable bonds is 3. The molecule has 0 aliphatic heterocycles. The highest BCUT2D eigenvalue weighted by molar-refractivity contribution is 7.92. The van der Waals surface area contributed by atoms with Gasteiger partial charge in [0.15, 0.2) is 0 Å². The predicted molar refractivity (Wildman–Crippen MR) is 72.5 cm³/mol. The van der Waals surface area contributed by atoms with E-state index in [1.54, 1.807) is 24.3 Å². The van der Waals surface area contributed by atoms with Crippen molar-refractivity contribution in [2.24, 2.45) is 5.41 Å². The number of hydrogen-bond donors (Lipinski definition) is 1. The zero-order valence-corrected chi connectivity index (χ0v) is 11.6. The Morgan fingerprint density at radius 3 is 2.24 bits per heavy atom. The van der Waals surface area contributed by atoms with Crippen LogP contribution in [0, 0.1) is 5.41 Å². The molecule has 0 heterocycles. The minimum Gasteiger partial charge on any atom is -0.397 e. The molecule has 0 saturated heterocycles. The van der Waals surface area contributed by atoms with Crippen LogP contribution in [0.3, 0.4) is 0 Å². The van der Waals surface area contributed by atoms with Crippen LogP contribution in [0.5, 0.6) is 0 Å². The van der Waals surface area contributed by atoms with Crippen molar-refractivity contribution in [2.75, 3.05) is 22.8 Å². The molecule has 0 spiro atoms. The average Bonchev–Trinajstić information content (AvgIpc) is 2.13. The Morgan fingerprint density at radius 1 is 1.24 bits per heavy atom. The van der Waals surface area contributed by atoms with Crippen LogP contribution in [0.15, 0.2) is 24.3 Å². The summed E-state index contributed by atoms with van der Waals surface area (Å²) in [5.74, 6) is 0.0881. The van der Waals surface area contributed by atoms with Crippen molar-refractivity contribution in [3.05, 3.63) is 24.3 Å². The first-order chi connectivity index (χ1) is 7.63. The lowest BCUT2D eigenvalue weighted by Gasteiger charge is -2.25. The van der Waals surface area contributed by atoms with E-state index in [1.165, 1.54) is 11.4 Å². The van der Waals surface area contributed by atoms with Crippen LogP contribution in [0.1, 0.15) is 20.8 Å². The molecular formula is C12H20N2O2S. The standard InChI is InChI=1S/C12H20N2O2S/c1-12(2,3)9-17(15,16)14(4)11-8-6-5-7-10(11)13/h5-8H,9,13H2,1-4H3. The van der Waals surface area contributed by atoms with Gasteiger partial charge in [-0.1, -0.05) is 32.9 Å². The van der Waals surface area contributed by atoms with Crippen LogP contribution >= 0.6 is 0 Å². The topological polar surface area (TPSA) is 63.4 Å². The molecule has 0 atom stereocenters. The van der Waals surface area contributed by atoms with Gasteiger partial charge in [0.1, 0.15) is 0 Å². The van der Waals surface area contributed by atoms with E-state index in [4.69, 9.17) is 5.73 Å². The van der Waals surface area contributed by atoms with Crippen molar-refractivity contribution in [2.45, 2.75) is 20.8 Å². The summed E-state index contributed by atoms with van der Waals surface area (Å²) in [6.07, 6.45) is 0. The van der Waals surface area contributed by atoms with E-state index in [0.717, 1.165) is 0 Å². The fourth-order valence-corrected chi connectivity index (χ4v) is 3.32. The van der Waals surface area contributed by atoms with E-state index in [1.807, 2.05) is 20.8 Å². The third-order valence-electron chi connectivity index (χ3n) is 2.31. The number of nitrogens with zero attached hydrogens (tertiary/aromatic N) is 1. The Balaban J connectivity index is 3.06. The number of sulfonamides is 1. The molecule has 4 nitrogen and oxygen atoms in total. The number of hydrogen-bond acceptors (Lipinski definition) is 3. The molecule has 0 unspecified atom stereocenters. The van der Waals surface area contributed by atoms with Gasteiger partial charge >= 0.3 is 0 Å². The lowest BCUT2D eigenvalue weighted by molar-refractivity contribution is 0.461. The van der Waals surface area contributed by atoms with Gasteiger partial charge in [-0.25, -0.2) is 8.42 Å². The van der Waals surface area contributed by atoms with Gasteiger partial charge in [-0.3, -0.25) is 4.31 Å². The second kappa shape index (κ2) is 4.56. The van der Waals surface area contributed by atoms with Crippen LogP contribution < -0.4 is 10.0 Å². The first kappa shape index (κ1) is 13.8. The molecule has 0 aliphatic carbocycles. The Morgan fingerprint density at radius 2 is 1.76 bits per heavy atom. The first-order valence-corrected chi connectivity index (χ1v) is 7.05. The summed E-state index contributed by atoms with van der Waals surface area (Å²) in [5, 5.41) is 0. The number of anilines is 2. The normalized spacial score (nSPS) is 12.5. The van der Waals surface area contributed by atoms with E-state index >= 15 is 0 Å². The van der Waals surface area contributed by atoms with Gasteiger partial charge in [0.05, 0.1) is 17.1 Å². The van der Waals surface area contributed by atoms with Crippen molar-refractivity contribution < 1.29 is 8.42 Å². The van der Waals surface area contributed by atoms with Crippen molar-refractivity contribution in [1.29, 1.82) is 0 Å². The molecule has 0 aliphatic rings. The first-order valence-electron chi connectivity index (χ1n) is 5.44. The molecule has 17 heavy (non-hydrogen) atoms. The predicted octanol–water partition coefficient (Wildman–Crippen LogP) is 2.08. The summed E-state index contributed by atoms with van der Waals surface area (Å²) in [7, 11) is -1.81. The highest BCUT2D eigenvalue weighted by Gasteiger charge is 2.26. The second-order valence-electron chi connectivity index (χ2n) is 5.34. The number of benzene rings is 1. The number of para-hydroxylation sites is 2. The Hall–Kier alpha value is -1.23. The van der Waals surface area contributed by atoms with Crippen LogP contribution in [0.4, 0.5) is 11.4 Å². The monoisotopic (exact) mass is 256 g/mol. The van der Waals surface area contributed by atoms with Crippen LogP contribution in [-0.4, -0.2) is 21.2 Å². The third kappa shape index (κ3) is 3.63. The van der Waals surface area contributed by atoms with Crippen molar-refractivity contribution in [3.8, 4) is 0 Å². The molecule has 0 radical (unpaired) electrons. The summed E-state index contributed by atoms with van der Waals surface area (Å²) < 4.78 is 25.6. The molecule has 0 amide bonds. The SMILES string of the molecule is CN(c1ccccc1N)S(=O)(=O)CC(C)(C)C. The lowest BCUT2D eigenvalue weighted by atomic mass is 10.0. The van der Waals surface area contributed by atoms with E-state index in [2.05, 4.69) is 0 Å². The van der Waals surface area contributed by atoms with E-state index in [-0.39, 0.29) is 11.2 Å². The van der Waals surface area contributed by atoms with Gasteiger partial charge in [0.25, 0.3) is 0 Å². The molecule has 96 valence electrons. The van der Waals surface area contributed by atoms with Gasteiger partial charge in [0, 0.05) is 7.05 Å². The lowest BCUT2D eigenvalue weighted by Crippen LogP contribution is -2.34. The molecule has 0 fully saturated rings. The summed E-state index contributed by atoms with van der Waals surface area (Å²) in [6, 6.07) is 6.95. The van der Waals surface area contributed by atoms with Gasteiger partial charge in [0.2, 0.25) is 10.0 Å². The summed E-state index contributed by atoms with van der Waals surface area (Å²) in [4.78, 5) is 0. The Kier molecular flexibility index (Phi) is 3.71. The molecule has 1 aromatic carbocycles. The minimum atomic E-state index is -3.34. The Labute approximate surface area is 103 Å². The highest BCUT2D eigenvalue weighted by Crippen LogP contribution is 2.26. The van der Waals surface area contributed by atoms with Crippen LogP contribution in [-0.2, 0) is 10.0 Å². The quantitative estimate of drug-likeness (QED) is 0.842. The van der Waals surface area contributed by atoms with E-state index in [9.17, 15) is 8.42 Å². The fraction of sp³-hybridized carbons (Fsp3) is 0.500. The second-order valence-corrected chi connectivity index (χ2v) is 7.34. The smallest absolute Gasteiger partial charge is 0.235 e. The third-order valence-corrected chi connectivity index (χ3v) is 4.57. The largest absolute Gasteiger partial charge is 0.397 e. The number of nitrogens with two attached hydrogens (primary N) is 1.